The number of amides is 2. The first-order chi connectivity index (χ1) is 16.0. The summed E-state index contributed by atoms with van der Waals surface area (Å²) in [6, 6.07) is 13.6. The number of carbonyl (C=O) groups is 2. The fraction of sp³-hybridized carbons (Fsp3) is 0.261. The SMILES string of the molecule is NC(=O)C1CCN(C(=O)CSc2nc3ccccc3c3nc(-c4ccc(F)cc4)nn23)CC1. The van der Waals surface area contributed by atoms with Gasteiger partial charge in [0.05, 0.1) is 11.3 Å². The predicted octanol–water partition coefficient (Wildman–Crippen LogP) is 2.90. The van der Waals surface area contributed by atoms with Crippen molar-refractivity contribution in [3.8, 4) is 11.4 Å². The van der Waals surface area contributed by atoms with Crippen molar-refractivity contribution in [3.05, 3.63) is 54.3 Å². The van der Waals surface area contributed by atoms with Crippen LogP contribution in [0.5, 0.6) is 0 Å². The highest BCUT2D eigenvalue weighted by Crippen LogP contribution is 2.27. The first-order valence-electron chi connectivity index (χ1n) is 10.6. The van der Waals surface area contributed by atoms with Gasteiger partial charge < -0.3 is 10.6 Å². The van der Waals surface area contributed by atoms with Gasteiger partial charge in [-0.1, -0.05) is 23.9 Å². The highest BCUT2D eigenvalue weighted by atomic mass is 32.2. The van der Waals surface area contributed by atoms with Gasteiger partial charge in [-0.3, -0.25) is 9.59 Å². The number of aromatic nitrogens is 4. The van der Waals surface area contributed by atoms with E-state index in [4.69, 9.17) is 10.7 Å². The summed E-state index contributed by atoms with van der Waals surface area (Å²) in [5.74, 6) is -0.178. The number of primary amides is 1. The topological polar surface area (TPSA) is 106 Å². The molecule has 33 heavy (non-hydrogen) atoms. The molecule has 0 bridgehead atoms. The average molecular weight is 465 g/mol. The van der Waals surface area contributed by atoms with Crippen LogP contribution in [0.2, 0.25) is 0 Å². The number of benzene rings is 2. The Morgan fingerprint density at radius 1 is 1.06 bits per heavy atom. The lowest BCUT2D eigenvalue weighted by Crippen LogP contribution is -2.42. The third kappa shape index (κ3) is 4.25. The molecule has 10 heteroatoms. The second-order valence-corrected chi connectivity index (χ2v) is 8.88. The number of likely N-dealkylation sites (tertiary alicyclic amines) is 1. The molecule has 1 aliphatic heterocycles. The maximum atomic E-state index is 13.4. The molecule has 5 rings (SSSR count). The lowest BCUT2D eigenvalue weighted by Gasteiger charge is -2.30. The second-order valence-electron chi connectivity index (χ2n) is 7.94. The molecule has 0 spiro atoms. The van der Waals surface area contributed by atoms with E-state index < -0.39 is 0 Å². The number of hydrogen-bond donors (Lipinski definition) is 1. The number of nitrogens with zero attached hydrogens (tertiary/aromatic N) is 5. The molecule has 2 aromatic heterocycles. The quantitative estimate of drug-likeness (QED) is 0.360. The van der Waals surface area contributed by atoms with Crippen molar-refractivity contribution in [3.63, 3.8) is 0 Å². The van der Waals surface area contributed by atoms with Crippen LogP contribution >= 0.6 is 11.8 Å². The van der Waals surface area contributed by atoms with Gasteiger partial charge in [0.1, 0.15) is 5.82 Å². The molecule has 1 saturated heterocycles. The van der Waals surface area contributed by atoms with E-state index in [1.54, 1.807) is 21.5 Å². The van der Waals surface area contributed by atoms with Crippen LogP contribution in [0.15, 0.2) is 53.7 Å². The Bertz CT molecular complexity index is 1350. The Hall–Kier alpha value is -3.53. The van der Waals surface area contributed by atoms with Crippen LogP contribution in [0.3, 0.4) is 0 Å². The van der Waals surface area contributed by atoms with E-state index in [1.807, 2.05) is 24.3 Å². The number of halogens is 1. The van der Waals surface area contributed by atoms with Crippen molar-refractivity contribution in [1.82, 2.24) is 24.5 Å². The number of para-hydroxylation sites is 1. The molecule has 0 unspecified atom stereocenters. The summed E-state index contributed by atoms with van der Waals surface area (Å²) in [5, 5.41) is 5.99. The Kier molecular flexibility index (Phi) is 5.67. The molecule has 3 heterocycles. The van der Waals surface area contributed by atoms with Crippen LogP contribution in [0.25, 0.3) is 27.9 Å². The zero-order valence-corrected chi connectivity index (χ0v) is 18.5. The number of carbonyl (C=O) groups excluding carboxylic acids is 2. The van der Waals surface area contributed by atoms with Gasteiger partial charge in [-0.15, -0.1) is 5.10 Å². The summed E-state index contributed by atoms with van der Waals surface area (Å²) in [5.41, 5.74) is 7.45. The molecule has 4 aromatic rings. The zero-order chi connectivity index (χ0) is 22.9. The van der Waals surface area contributed by atoms with E-state index in [0.717, 1.165) is 10.9 Å². The predicted molar refractivity (Wildman–Crippen MR) is 123 cm³/mol. The number of fused-ring (bicyclic) bond motifs is 3. The minimum Gasteiger partial charge on any atom is -0.369 e. The van der Waals surface area contributed by atoms with Gasteiger partial charge in [0.25, 0.3) is 0 Å². The second kappa shape index (κ2) is 8.78. The molecule has 2 N–H and O–H groups in total. The van der Waals surface area contributed by atoms with Gasteiger partial charge in [-0.2, -0.15) is 4.52 Å². The van der Waals surface area contributed by atoms with E-state index in [-0.39, 0.29) is 29.3 Å². The number of thioether (sulfide) groups is 1. The van der Waals surface area contributed by atoms with Gasteiger partial charge in [0.15, 0.2) is 16.6 Å². The van der Waals surface area contributed by atoms with E-state index in [1.165, 1.54) is 23.9 Å². The molecule has 168 valence electrons. The number of hydrogen-bond acceptors (Lipinski definition) is 6. The van der Waals surface area contributed by atoms with Crippen LogP contribution in [0.4, 0.5) is 4.39 Å². The van der Waals surface area contributed by atoms with Crippen molar-refractivity contribution in [2.75, 3.05) is 18.8 Å². The van der Waals surface area contributed by atoms with E-state index in [9.17, 15) is 14.0 Å². The number of rotatable bonds is 5. The lowest BCUT2D eigenvalue weighted by molar-refractivity contribution is -0.132. The Morgan fingerprint density at radius 3 is 2.52 bits per heavy atom. The summed E-state index contributed by atoms with van der Waals surface area (Å²) in [7, 11) is 0. The first-order valence-corrected chi connectivity index (χ1v) is 11.6. The summed E-state index contributed by atoms with van der Waals surface area (Å²) in [6.07, 6.45) is 1.18. The summed E-state index contributed by atoms with van der Waals surface area (Å²) >= 11 is 1.29. The van der Waals surface area contributed by atoms with Gasteiger partial charge >= 0.3 is 0 Å². The molecular weight excluding hydrogens is 443 g/mol. The van der Waals surface area contributed by atoms with Crippen molar-refractivity contribution < 1.29 is 14.0 Å². The van der Waals surface area contributed by atoms with Crippen LogP contribution in [-0.4, -0.2) is 55.1 Å². The molecule has 2 amide bonds. The van der Waals surface area contributed by atoms with Crippen LogP contribution in [-0.2, 0) is 9.59 Å². The largest absolute Gasteiger partial charge is 0.369 e. The fourth-order valence-corrected chi connectivity index (χ4v) is 4.82. The van der Waals surface area contributed by atoms with E-state index >= 15 is 0 Å². The zero-order valence-electron chi connectivity index (χ0n) is 17.6. The lowest BCUT2D eigenvalue weighted by atomic mass is 9.96. The van der Waals surface area contributed by atoms with Crippen molar-refractivity contribution in [2.45, 2.75) is 18.0 Å². The summed E-state index contributed by atoms with van der Waals surface area (Å²) in [4.78, 5) is 35.3. The smallest absolute Gasteiger partial charge is 0.233 e. The van der Waals surface area contributed by atoms with E-state index in [0.29, 0.717) is 48.1 Å². The normalized spacial score (nSPS) is 14.8. The van der Waals surface area contributed by atoms with Crippen molar-refractivity contribution in [1.29, 1.82) is 0 Å². The Balaban J connectivity index is 1.43. The fourth-order valence-electron chi connectivity index (χ4n) is 3.98. The Morgan fingerprint density at radius 2 is 1.79 bits per heavy atom. The molecule has 0 radical (unpaired) electrons. The van der Waals surface area contributed by atoms with Gasteiger partial charge in [0, 0.05) is 30.0 Å². The molecule has 0 atom stereocenters. The molecule has 1 aliphatic rings. The minimum atomic E-state index is -0.329. The minimum absolute atomic E-state index is 0.0232. The number of piperidine rings is 1. The Labute approximate surface area is 193 Å². The molecule has 1 fully saturated rings. The molecular formula is C23H21FN6O2S. The number of nitrogens with two attached hydrogens (primary N) is 1. The average Bonchev–Trinajstić information content (AvgIpc) is 3.29. The van der Waals surface area contributed by atoms with Gasteiger partial charge in [-0.05, 0) is 49.2 Å². The maximum absolute atomic E-state index is 13.4. The standard InChI is InChI=1S/C23H21FN6O2S/c24-16-7-5-15(6-8-16)21-27-22-17-3-1-2-4-18(17)26-23(30(22)28-21)33-13-19(31)29-11-9-14(10-12-29)20(25)32/h1-8,14H,9-13H2,(H2,25,32). The van der Waals surface area contributed by atoms with Gasteiger partial charge in [0.2, 0.25) is 11.8 Å². The summed E-state index contributed by atoms with van der Waals surface area (Å²) < 4.78 is 15.0. The van der Waals surface area contributed by atoms with Crippen molar-refractivity contribution in [2.24, 2.45) is 11.7 Å². The monoisotopic (exact) mass is 464 g/mol. The third-order valence-electron chi connectivity index (χ3n) is 5.83. The molecule has 0 saturated carbocycles. The molecule has 8 nitrogen and oxygen atoms in total. The summed E-state index contributed by atoms with van der Waals surface area (Å²) in [6.45, 7) is 1.04. The van der Waals surface area contributed by atoms with Crippen molar-refractivity contribution >= 4 is 40.1 Å². The van der Waals surface area contributed by atoms with E-state index in [2.05, 4.69) is 10.1 Å². The highest BCUT2D eigenvalue weighted by Gasteiger charge is 2.26. The molecule has 2 aromatic carbocycles. The highest BCUT2D eigenvalue weighted by molar-refractivity contribution is 7.99. The van der Waals surface area contributed by atoms with Crippen LogP contribution in [0, 0.1) is 11.7 Å². The third-order valence-corrected chi connectivity index (χ3v) is 6.74. The van der Waals surface area contributed by atoms with Gasteiger partial charge in [-0.25, -0.2) is 14.4 Å². The molecule has 0 aliphatic carbocycles. The first kappa shape index (κ1) is 21.3. The van der Waals surface area contributed by atoms with Crippen LogP contribution < -0.4 is 5.73 Å². The maximum Gasteiger partial charge on any atom is 0.233 e. The van der Waals surface area contributed by atoms with Crippen LogP contribution in [0.1, 0.15) is 12.8 Å².